The van der Waals surface area contributed by atoms with Crippen LogP contribution in [-0.4, -0.2) is 26.7 Å². The Bertz CT molecular complexity index is 523. The lowest BCUT2D eigenvalue weighted by Crippen LogP contribution is -2.11. The van der Waals surface area contributed by atoms with Gasteiger partial charge in [-0.05, 0) is 31.5 Å². The summed E-state index contributed by atoms with van der Waals surface area (Å²) >= 11 is 0. The number of aromatic nitrogens is 3. The Morgan fingerprint density at radius 1 is 1.33 bits per heavy atom. The monoisotopic (exact) mass is 247 g/mol. The molecule has 0 unspecified atom stereocenters. The number of benzene rings is 1. The molecule has 5 heteroatoms. The fourth-order valence-electron chi connectivity index (χ4n) is 1.71. The van der Waals surface area contributed by atoms with Gasteiger partial charge in [-0.2, -0.15) is 0 Å². The van der Waals surface area contributed by atoms with E-state index in [1.807, 2.05) is 38.1 Å². The quantitative estimate of drug-likeness (QED) is 0.869. The Kier molecular flexibility index (Phi) is 3.94. The average molecular weight is 247 g/mol. The lowest BCUT2D eigenvalue weighted by atomic mass is 10.2. The molecular weight excluding hydrogens is 230 g/mol. The van der Waals surface area contributed by atoms with Gasteiger partial charge in [-0.15, -0.1) is 5.10 Å². The van der Waals surface area contributed by atoms with Gasteiger partial charge in [0.25, 0.3) is 0 Å². The van der Waals surface area contributed by atoms with E-state index < -0.39 is 0 Å². The third-order valence-electron chi connectivity index (χ3n) is 2.79. The summed E-state index contributed by atoms with van der Waals surface area (Å²) < 4.78 is 7.37. The first-order valence-corrected chi connectivity index (χ1v) is 5.90. The molecule has 0 aliphatic heterocycles. The second-order valence-corrected chi connectivity index (χ2v) is 4.17. The van der Waals surface area contributed by atoms with E-state index >= 15 is 0 Å². The fraction of sp³-hybridized carbons (Fsp3) is 0.385. The van der Waals surface area contributed by atoms with Gasteiger partial charge in [0, 0.05) is 0 Å². The predicted octanol–water partition coefficient (Wildman–Crippen LogP) is 1.47. The van der Waals surface area contributed by atoms with Crippen LogP contribution < -0.4 is 4.74 Å². The first kappa shape index (κ1) is 12.6. The average Bonchev–Trinajstić information content (AvgIpc) is 2.71. The minimum atomic E-state index is -0.0788. The molecule has 18 heavy (non-hydrogen) atoms. The van der Waals surface area contributed by atoms with Crippen LogP contribution in [0.3, 0.4) is 0 Å². The van der Waals surface area contributed by atoms with E-state index in [9.17, 15) is 0 Å². The van der Waals surface area contributed by atoms with Crippen molar-refractivity contribution in [2.45, 2.75) is 27.0 Å². The summed E-state index contributed by atoms with van der Waals surface area (Å²) in [7, 11) is 0. The van der Waals surface area contributed by atoms with E-state index in [1.165, 1.54) is 5.56 Å². The van der Waals surface area contributed by atoms with Gasteiger partial charge >= 0.3 is 0 Å². The summed E-state index contributed by atoms with van der Waals surface area (Å²) in [6, 6.07) is 7.92. The van der Waals surface area contributed by atoms with Crippen LogP contribution in [0.4, 0.5) is 0 Å². The molecule has 5 nitrogen and oxygen atoms in total. The Labute approximate surface area is 106 Å². The lowest BCUT2D eigenvalue weighted by molar-refractivity contribution is 0.275. The number of aryl methyl sites for hydroxylation is 1. The SMILES string of the molecule is Cc1cccc(OCCn2nnc(CO)c2C)c1. The van der Waals surface area contributed by atoms with Crippen LogP contribution in [0.15, 0.2) is 24.3 Å². The second-order valence-electron chi connectivity index (χ2n) is 4.17. The number of ether oxygens (including phenoxy) is 1. The minimum Gasteiger partial charge on any atom is -0.492 e. The number of hydrogen-bond donors (Lipinski definition) is 1. The van der Waals surface area contributed by atoms with E-state index in [0.29, 0.717) is 18.8 Å². The van der Waals surface area contributed by atoms with Crippen molar-refractivity contribution in [1.82, 2.24) is 15.0 Å². The Morgan fingerprint density at radius 3 is 2.83 bits per heavy atom. The molecule has 0 bridgehead atoms. The van der Waals surface area contributed by atoms with Gasteiger partial charge in [0.2, 0.25) is 0 Å². The molecule has 1 aromatic heterocycles. The third kappa shape index (κ3) is 2.87. The number of aliphatic hydroxyl groups is 1. The molecule has 0 fully saturated rings. The van der Waals surface area contributed by atoms with Crippen molar-refractivity contribution >= 4 is 0 Å². The van der Waals surface area contributed by atoms with E-state index in [2.05, 4.69) is 10.3 Å². The Morgan fingerprint density at radius 2 is 2.17 bits per heavy atom. The summed E-state index contributed by atoms with van der Waals surface area (Å²) in [5.74, 6) is 0.857. The molecule has 2 rings (SSSR count). The number of hydrogen-bond acceptors (Lipinski definition) is 4. The molecule has 1 N–H and O–H groups in total. The lowest BCUT2D eigenvalue weighted by Gasteiger charge is -2.07. The molecule has 0 saturated heterocycles. The summed E-state index contributed by atoms with van der Waals surface area (Å²) in [5, 5.41) is 16.9. The molecule has 0 spiro atoms. The highest BCUT2D eigenvalue weighted by molar-refractivity contribution is 5.27. The first-order valence-electron chi connectivity index (χ1n) is 5.90. The zero-order valence-electron chi connectivity index (χ0n) is 10.6. The zero-order chi connectivity index (χ0) is 13.0. The summed E-state index contributed by atoms with van der Waals surface area (Å²) in [4.78, 5) is 0. The number of rotatable bonds is 5. The third-order valence-corrected chi connectivity index (χ3v) is 2.79. The van der Waals surface area contributed by atoms with Gasteiger partial charge in [0.15, 0.2) is 0 Å². The Hall–Kier alpha value is -1.88. The normalized spacial score (nSPS) is 10.6. The molecule has 0 amide bonds. The smallest absolute Gasteiger partial charge is 0.119 e. The van der Waals surface area contributed by atoms with E-state index in [-0.39, 0.29) is 6.61 Å². The van der Waals surface area contributed by atoms with Crippen LogP contribution >= 0.6 is 0 Å². The molecule has 0 aliphatic rings. The fourth-order valence-corrected chi connectivity index (χ4v) is 1.71. The Balaban J connectivity index is 1.90. The molecule has 0 saturated carbocycles. The van der Waals surface area contributed by atoms with Gasteiger partial charge in [0.1, 0.15) is 18.1 Å². The van der Waals surface area contributed by atoms with Crippen molar-refractivity contribution < 1.29 is 9.84 Å². The largest absolute Gasteiger partial charge is 0.492 e. The molecule has 0 radical (unpaired) electrons. The topological polar surface area (TPSA) is 60.2 Å². The van der Waals surface area contributed by atoms with Gasteiger partial charge in [-0.1, -0.05) is 17.3 Å². The molecule has 1 aromatic carbocycles. The van der Waals surface area contributed by atoms with Crippen molar-refractivity contribution in [3.05, 3.63) is 41.2 Å². The summed E-state index contributed by atoms with van der Waals surface area (Å²) in [6.07, 6.45) is 0. The number of nitrogens with zero attached hydrogens (tertiary/aromatic N) is 3. The van der Waals surface area contributed by atoms with E-state index in [0.717, 1.165) is 11.4 Å². The molecule has 0 aliphatic carbocycles. The first-order chi connectivity index (χ1) is 8.70. The van der Waals surface area contributed by atoms with Gasteiger partial charge in [-0.3, -0.25) is 0 Å². The predicted molar refractivity (Wildman–Crippen MR) is 67.4 cm³/mol. The van der Waals surface area contributed by atoms with Crippen molar-refractivity contribution in [1.29, 1.82) is 0 Å². The molecule has 96 valence electrons. The maximum atomic E-state index is 9.02. The minimum absolute atomic E-state index is 0.0788. The van der Waals surface area contributed by atoms with E-state index in [1.54, 1.807) is 4.68 Å². The standard InChI is InChI=1S/C13H17N3O2/c1-10-4-3-5-12(8-10)18-7-6-16-11(2)13(9-17)14-15-16/h3-5,8,17H,6-7,9H2,1-2H3. The van der Waals surface area contributed by atoms with Crippen LogP contribution in [0, 0.1) is 13.8 Å². The maximum Gasteiger partial charge on any atom is 0.119 e. The summed E-state index contributed by atoms with van der Waals surface area (Å²) in [5.41, 5.74) is 2.67. The van der Waals surface area contributed by atoms with Gasteiger partial charge < -0.3 is 9.84 Å². The molecule has 0 atom stereocenters. The van der Waals surface area contributed by atoms with Gasteiger partial charge in [-0.25, -0.2) is 4.68 Å². The van der Waals surface area contributed by atoms with Crippen LogP contribution in [0.5, 0.6) is 5.75 Å². The summed E-state index contributed by atoms with van der Waals surface area (Å²) in [6.45, 7) is 4.98. The molecule has 1 heterocycles. The maximum absolute atomic E-state index is 9.02. The molecule has 2 aromatic rings. The number of aliphatic hydroxyl groups excluding tert-OH is 1. The van der Waals surface area contributed by atoms with Crippen molar-refractivity contribution in [3.8, 4) is 5.75 Å². The van der Waals surface area contributed by atoms with E-state index in [4.69, 9.17) is 9.84 Å². The van der Waals surface area contributed by atoms with Crippen molar-refractivity contribution in [2.75, 3.05) is 6.61 Å². The zero-order valence-corrected chi connectivity index (χ0v) is 10.6. The van der Waals surface area contributed by atoms with Crippen LogP contribution in [-0.2, 0) is 13.2 Å². The van der Waals surface area contributed by atoms with Crippen molar-refractivity contribution in [3.63, 3.8) is 0 Å². The second kappa shape index (κ2) is 5.64. The van der Waals surface area contributed by atoms with Crippen LogP contribution in [0.1, 0.15) is 17.0 Å². The van der Waals surface area contributed by atoms with Crippen molar-refractivity contribution in [2.24, 2.45) is 0 Å². The highest BCUT2D eigenvalue weighted by Crippen LogP contribution is 2.12. The molecular formula is C13H17N3O2. The van der Waals surface area contributed by atoms with Crippen LogP contribution in [0.2, 0.25) is 0 Å². The van der Waals surface area contributed by atoms with Gasteiger partial charge in [0.05, 0.1) is 18.8 Å². The van der Waals surface area contributed by atoms with Crippen LogP contribution in [0.25, 0.3) is 0 Å². The highest BCUT2D eigenvalue weighted by atomic mass is 16.5. The highest BCUT2D eigenvalue weighted by Gasteiger charge is 2.06.